The highest BCUT2D eigenvalue weighted by Crippen LogP contribution is 2.27. The first kappa shape index (κ1) is 8.23. The van der Waals surface area contributed by atoms with Gasteiger partial charge in [-0.05, 0) is 29.7 Å². The van der Waals surface area contributed by atoms with Gasteiger partial charge >= 0.3 is 0 Å². The van der Waals surface area contributed by atoms with Crippen LogP contribution < -0.4 is 5.73 Å². The van der Waals surface area contributed by atoms with E-state index < -0.39 is 0 Å². The van der Waals surface area contributed by atoms with Gasteiger partial charge in [-0.3, -0.25) is 0 Å². The molecule has 0 unspecified atom stereocenters. The van der Waals surface area contributed by atoms with Crippen molar-refractivity contribution in [3.63, 3.8) is 0 Å². The number of hydrogen-bond donors (Lipinski definition) is 1. The summed E-state index contributed by atoms with van der Waals surface area (Å²) in [5.41, 5.74) is 5.55. The minimum atomic E-state index is 0.636. The third kappa shape index (κ3) is 1.40. The van der Waals surface area contributed by atoms with E-state index in [4.69, 9.17) is 5.73 Å². The number of halogens is 1. The summed E-state index contributed by atoms with van der Waals surface area (Å²) in [6.45, 7) is 0.636. The zero-order chi connectivity index (χ0) is 8.55. The van der Waals surface area contributed by atoms with Crippen LogP contribution in [-0.2, 0) is 6.54 Å². The number of hydrogen-bond acceptors (Lipinski definition) is 2. The van der Waals surface area contributed by atoms with Crippen LogP contribution in [0, 0.1) is 0 Å². The first-order valence-corrected chi connectivity index (χ1v) is 5.28. The second-order valence-corrected chi connectivity index (χ2v) is 4.68. The summed E-state index contributed by atoms with van der Waals surface area (Å²) in [6.07, 6.45) is 0. The summed E-state index contributed by atoms with van der Waals surface area (Å²) >= 11 is 5.20. The number of nitrogens with two attached hydrogens (primary N) is 1. The van der Waals surface area contributed by atoms with Crippen LogP contribution in [-0.4, -0.2) is 0 Å². The topological polar surface area (TPSA) is 26.0 Å². The second-order valence-electron chi connectivity index (χ2n) is 2.60. The molecule has 0 aliphatic carbocycles. The highest BCUT2D eigenvalue weighted by Gasteiger charge is 1.99. The first-order chi connectivity index (χ1) is 5.79. The molecule has 0 spiro atoms. The molecular formula is C9H8BrNS. The fourth-order valence-electron chi connectivity index (χ4n) is 1.17. The number of benzene rings is 1. The van der Waals surface area contributed by atoms with Crippen molar-refractivity contribution >= 4 is 37.4 Å². The van der Waals surface area contributed by atoms with E-state index in [-0.39, 0.29) is 0 Å². The maximum Gasteiger partial charge on any atom is 0.0346 e. The van der Waals surface area contributed by atoms with Crippen molar-refractivity contribution in [2.45, 2.75) is 6.54 Å². The molecule has 0 aliphatic rings. The van der Waals surface area contributed by atoms with E-state index in [1.54, 1.807) is 11.3 Å². The van der Waals surface area contributed by atoms with E-state index in [0.717, 1.165) is 4.47 Å². The quantitative estimate of drug-likeness (QED) is 0.816. The summed E-state index contributed by atoms with van der Waals surface area (Å²) in [5.74, 6) is 0. The Balaban J connectivity index is 2.67. The first-order valence-electron chi connectivity index (χ1n) is 3.67. The Labute approximate surface area is 83.3 Å². The SMILES string of the molecule is NCc1cc2cc(Br)ccc2s1. The fraction of sp³-hybridized carbons (Fsp3) is 0.111. The fourth-order valence-corrected chi connectivity index (χ4v) is 2.47. The van der Waals surface area contributed by atoms with E-state index in [1.165, 1.54) is 15.0 Å². The molecule has 0 fully saturated rings. The van der Waals surface area contributed by atoms with Crippen molar-refractivity contribution in [1.82, 2.24) is 0 Å². The lowest BCUT2D eigenvalue weighted by Crippen LogP contribution is -1.90. The summed E-state index contributed by atoms with van der Waals surface area (Å²) in [5, 5.41) is 1.27. The Bertz CT molecular complexity index is 408. The van der Waals surface area contributed by atoms with E-state index in [1.807, 2.05) is 0 Å². The molecule has 1 heterocycles. The molecule has 1 aromatic heterocycles. The average Bonchev–Trinajstić information content (AvgIpc) is 2.46. The van der Waals surface area contributed by atoms with Gasteiger partial charge in [-0.25, -0.2) is 0 Å². The third-order valence-corrected chi connectivity index (χ3v) is 3.36. The molecule has 0 amide bonds. The van der Waals surface area contributed by atoms with E-state index in [9.17, 15) is 0 Å². The summed E-state index contributed by atoms with van der Waals surface area (Å²) in [7, 11) is 0. The molecule has 0 bridgehead atoms. The van der Waals surface area contributed by atoms with Crippen molar-refractivity contribution in [2.75, 3.05) is 0 Å². The summed E-state index contributed by atoms with van der Waals surface area (Å²) < 4.78 is 2.43. The minimum absolute atomic E-state index is 0.636. The predicted octanol–water partition coefficient (Wildman–Crippen LogP) is 3.12. The van der Waals surface area contributed by atoms with Gasteiger partial charge in [0.25, 0.3) is 0 Å². The van der Waals surface area contributed by atoms with Crippen LogP contribution in [0.1, 0.15) is 4.88 Å². The summed E-state index contributed by atoms with van der Waals surface area (Å²) in [6, 6.07) is 8.43. The summed E-state index contributed by atoms with van der Waals surface area (Å²) in [4.78, 5) is 1.24. The maximum absolute atomic E-state index is 5.55. The van der Waals surface area contributed by atoms with Crippen molar-refractivity contribution < 1.29 is 0 Å². The number of rotatable bonds is 1. The van der Waals surface area contributed by atoms with Crippen LogP contribution >= 0.6 is 27.3 Å². The largest absolute Gasteiger partial charge is 0.326 e. The van der Waals surface area contributed by atoms with Crippen molar-refractivity contribution in [3.05, 3.63) is 33.6 Å². The molecule has 62 valence electrons. The molecule has 0 saturated heterocycles. The van der Waals surface area contributed by atoms with Gasteiger partial charge in [0.15, 0.2) is 0 Å². The molecule has 12 heavy (non-hydrogen) atoms. The lowest BCUT2D eigenvalue weighted by Gasteiger charge is -1.88. The Kier molecular flexibility index (Phi) is 2.17. The Morgan fingerprint density at radius 1 is 1.33 bits per heavy atom. The number of fused-ring (bicyclic) bond motifs is 1. The van der Waals surface area contributed by atoms with Gasteiger partial charge in [-0.15, -0.1) is 11.3 Å². The third-order valence-electron chi connectivity index (χ3n) is 1.73. The maximum atomic E-state index is 5.55. The van der Waals surface area contributed by atoms with Crippen LogP contribution in [0.3, 0.4) is 0 Å². The normalized spacial score (nSPS) is 10.8. The minimum Gasteiger partial charge on any atom is -0.326 e. The van der Waals surface area contributed by atoms with Gasteiger partial charge in [0.2, 0.25) is 0 Å². The van der Waals surface area contributed by atoms with Crippen molar-refractivity contribution in [1.29, 1.82) is 0 Å². The van der Waals surface area contributed by atoms with Gasteiger partial charge in [0.1, 0.15) is 0 Å². The zero-order valence-electron chi connectivity index (χ0n) is 6.38. The molecule has 0 saturated carbocycles. The standard InChI is InChI=1S/C9H8BrNS/c10-7-1-2-9-6(3-7)4-8(5-11)12-9/h1-4H,5,11H2. The highest BCUT2D eigenvalue weighted by atomic mass is 79.9. The van der Waals surface area contributed by atoms with Gasteiger partial charge < -0.3 is 5.73 Å². The molecular weight excluding hydrogens is 234 g/mol. The van der Waals surface area contributed by atoms with Crippen LogP contribution in [0.5, 0.6) is 0 Å². The molecule has 1 aromatic carbocycles. The number of thiophene rings is 1. The average molecular weight is 242 g/mol. The molecule has 0 radical (unpaired) electrons. The van der Waals surface area contributed by atoms with Gasteiger partial charge in [0.05, 0.1) is 0 Å². The van der Waals surface area contributed by atoms with Crippen LogP contribution in [0.15, 0.2) is 28.7 Å². The monoisotopic (exact) mass is 241 g/mol. The molecule has 2 aromatic rings. The Hall–Kier alpha value is -0.380. The van der Waals surface area contributed by atoms with E-state index in [2.05, 4.69) is 40.2 Å². The Morgan fingerprint density at radius 3 is 2.92 bits per heavy atom. The van der Waals surface area contributed by atoms with Crippen molar-refractivity contribution in [3.8, 4) is 0 Å². The van der Waals surface area contributed by atoms with Crippen molar-refractivity contribution in [2.24, 2.45) is 5.73 Å². The van der Waals surface area contributed by atoms with E-state index >= 15 is 0 Å². The van der Waals surface area contributed by atoms with Crippen LogP contribution in [0.4, 0.5) is 0 Å². The molecule has 3 heteroatoms. The molecule has 2 rings (SSSR count). The van der Waals surface area contributed by atoms with Gasteiger partial charge in [-0.2, -0.15) is 0 Å². The highest BCUT2D eigenvalue weighted by molar-refractivity contribution is 9.10. The zero-order valence-corrected chi connectivity index (χ0v) is 8.78. The lowest BCUT2D eigenvalue weighted by atomic mass is 10.2. The van der Waals surface area contributed by atoms with Crippen LogP contribution in [0.25, 0.3) is 10.1 Å². The molecule has 0 atom stereocenters. The lowest BCUT2D eigenvalue weighted by molar-refractivity contribution is 1.11. The molecule has 0 aliphatic heterocycles. The molecule has 1 nitrogen and oxygen atoms in total. The Morgan fingerprint density at radius 2 is 2.17 bits per heavy atom. The van der Waals surface area contributed by atoms with Gasteiger partial charge in [-0.1, -0.05) is 15.9 Å². The second kappa shape index (κ2) is 3.17. The van der Waals surface area contributed by atoms with E-state index in [0.29, 0.717) is 6.54 Å². The smallest absolute Gasteiger partial charge is 0.0346 e. The predicted molar refractivity (Wildman–Crippen MR) is 57.4 cm³/mol. The van der Waals surface area contributed by atoms with Crippen LogP contribution in [0.2, 0.25) is 0 Å². The molecule has 2 N–H and O–H groups in total. The van der Waals surface area contributed by atoms with Gasteiger partial charge in [0, 0.05) is 20.6 Å².